The Morgan fingerprint density at radius 3 is 2.58 bits per heavy atom. The van der Waals surface area contributed by atoms with E-state index in [1.54, 1.807) is 18.3 Å². The summed E-state index contributed by atoms with van der Waals surface area (Å²) in [6.07, 6.45) is 4.82. The van der Waals surface area contributed by atoms with Gasteiger partial charge in [-0.2, -0.15) is 9.97 Å². The second kappa shape index (κ2) is 7.05. The molecule has 0 aliphatic heterocycles. The van der Waals surface area contributed by atoms with E-state index in [0.29, 0.717) is 27.7 Å². The quantitative estimate of drug-likeness (QED) is 0.650. The molecule has 2 aromatic heterocycles. The Labute approximate surface area is 155 Å². The van der Waals surface area contributed by atoms with Gasteiger partial charge < -0.3 is 15.5 Å². The molecule has 1 aromatic carbocycles. The Morgan fingerprint density at radius 2 is 1.81 bits per heavy atom. The Balaban J connectivity index is 1.63. The number of anilines is 1. The van der Waals surface area contributed by atoms with Crippen LogP contribution in [0.2, 0.25) is 5.02 Å². The molecule has 7 heteroatoms. The lowest BCUT2D eigenvalue weighted by Crippen LogP contribution is -2.28. The van der Waals surface area contributed by atoms with E-state index in [1.807, 2.05) is 18.2 Å². The highest BCUT2D eigenvalue weighted by atomic mass is 35.5. The molecule has 0 atom stereocenters. The summed E-state index contributed by atoms with van der Waals surface area (Å²) in [6, 6.07) is 9.33. The molecule has 0 unspecified atom stereocenters. The number of benzene rings is 1. The van der Waals surface area contributed by atoms with Crippen LogP contribution in [0.4, 0.5) is 5.95 Å². The van der Waals surface area contributed by atoms with Crippen molar-refractivity contribution in [3.63, 3.8) is 0 Å². The molecule has 3 aromatic rings. The number of hydrogen-bond acceptors (Lipinski definition) is 6. The van der Waals surface area contributed by atoms with Gasteiger partial charge in [-0.05, 0) is 37.8 Å². The molecule has 0 radical (unpaired) electrons. The van der Waals surface area contributed by atoms with Crippen molar-refractivity contribution < 1.29 is 10.2 Å². The Bertz CT molecular complexity index is 942. The van der Waals surface area contributed by atoms with Gasteiger partial charge >= 0.3 is 0 Å². The van der Waals surface area contributed by atoms with E-state index < -0.39 is 0 Å². The molecule has 1 saturated carbocycles. The smallest absolute Gasteiger partial charge is 0.224 e. The first-order chi connectivity index (χ1) is 12.6. The topological polar surface area (TPSA) is 91.2 Å². The average Bonchev–Trinajstić information content (AvgIpc) is 2.64. The van der Waals surface area contributed by atoms with Crippen LogP contribution < -0.4 is 5.32 Å². The number of aromatic hydroxyl groups is 1. The maximum atomic E-state index is 10.3. The minimum Gasteiger partial charge on any atom is -0.493 e. The summed E-state index contributed by atoms with van der Waals surface area (Å²) in [7, 11) is 0. The fourth-order valence-electron chi connectivity index (χ4n) is 3.30. The first kappa shape index (κ1) is 17.0. The minimum atomic E-state index is -0.201. The van der Waals surface area contributed by atoms with Gasteiger partial charge in [-0.25, -0.2) is 4.98 Å². The number of hydrogen-bond donors (Lipinski definition) is 3. The maximum Gasteiger partial charge on any atom is 0.224 e. The van der Waals surface area contributed by atoms with E-state index in [1.165, 1.54) is 0 Å². The molecule has 1 aliphatic rings. The van der Waals surface area contributed by atoms with Gasteiger partial charge in [0.05, 0.1) is 6.10 Å². The van der Waals surface area contributed by atoms with E-state index in [-0.39, 0.29) is 18.0 Å². The van der Waals surface area contributed by atoms with Crippen molar-refractivity contribution in [2.24, 2.45) is 0 Å². The molecule has 0 amide bonds. The molecule has 0 bridgehead atoms. The highest BCUT2D eigenvalue weighted by molar-refractivity contribution is 6.33. The van der Waals surface area contributed by atoms with Crippen LogP contribution in [-0.4, -0.2) is 37.3 Å². The van der Waals surface area contributed by atoms with Crippen LogP contribution in [0.3, 0.4) is 0 Å². The van der Waals surface area contributed by atoms with Crippen molar-refractivity contribution in [3.8, 4) is 17.0 Å². The summed E-state index contributed by atoms with van der Waals surface area (Å²) < 4.78 is 0. The van der Waals surface area contributed by atoms with Gasteiger partial charge in [0, 0.05) is 33.8 Å². The standard InChI is InChI=1S/C19H19ClN4O2/c20-16-4-2-1-3-14(16)15-9-11-10-21-19(24-17(11)23-18(15)26)22-12-5-7-13(25)8-6-12/h1-4,9-10,12-13,25H,5-8H2,(H2,21,22,23,24,26)/t12-,13-. The third kappa shape index (κ3) is 3.43. The van der Waals surface area contributed by atoms with Gasteiger partial charge in [-0.3, -0.25) is 0 Å². The number of fused-ring (bicyclic) bond motifs is 1. The van der Waals surface area contributed by atoms with E-state index in [4.69, 9.17) is 11.6 Å². The highest BCUT2D eigenvalue weighted by Crippen LogP contribution is 2.34. The van der Waals surface area contributed by atoms with Gasteiger partial charge in [-0.15, -0.1) is 0 Å². The van der Waals surface area contributed by atoms with Crippen molar-refractivity contribution in [2.75, 3.05) is 5.32 Å². The van der Waals surface area contributed by atoms with Crippen LogP contribution in [0.5, 0.6) is 5.88 Å². The van der Waals surface area contributed by atoms with Crippen LogP contribution in [0, 0.1) is 0 Å². The second-order valence-electron chi connectivity index (χ2n) is 6.60. The van der Waals surface area contributed by atoms with E-state index >= 15 is 0 Å². The summed E-state index contributed by atoms with van der Waals surface area (Å²) in [4.78, 5) is 13.0. The number of aromatic nitrogens is 3. The lowest BCUT2D eigenvalue weighted by atomic mass is 9.93. The summed E-state index contributed by atoms with van der Waals surface area (Å²) >= 11 is 6.23. The first-order valence-corrected chi connectivity index (χ1v) is 9.04. The predicted octanol–water partition coefficient (Wildman–Crippen LogP) is 3.77. The fraction of sp³-hybridized carbons (Fsp3) is 0.316. The third-order valence-corrected chi connectivity index (χ3v) is 5.07. The van der Waals surface area contributed by atoms with E-state index in [9.17, 15) is 10.2 Å². The number of aliphatic hydroxyl groups is 1. The normalized spacial score (nSPS) is 20.2. The Kier molecular flexibility index (Phi) is 4.61. The predicted molar refractivity (Wildman–Crippen MR) is 101 cm³/mol. The maximum absolute atomic E-state index is 10.3. The number of rotatable bonds is 3. The monoisotopic (exact) mass is 370 g/mol. The molecule has 134 valence electrons. The Hall–Kier alpha value is -2.44. The first-order valence-electron chi connectivity index (χ1n) is 8.66. The summed E-state index contributed by atoms with van der Waals surface area (Å²) in [5.41, 5.74) is 1.68. The lowest BCUT2D eigenvalue weighted by Gasteiger charge is -2.26. The van der Waals surface area contributed by atoms with Crippen molar-refractivity contribution >= 4 is 28.6 Å². The van der Waals surface area contributed by atoms with Gasteiger partial charge in [0.2, 0.25) is 11.8 Å². The van der Waals surface area contributed by atoms with Gasteiger partial charge in [0.1, 0.15) is 0 Å². The molecule has 1 aliphatic carbocycles. The summed E-state index contributed by atoms with van der Waals surface area (Å²) in [6.45, 7) is 0. The molecule has 0 saturated heterocycles. The second-order valence-corrected chi connectivity index (χ2v) is 7.00. The van der Waals surface area contributed by atoms with Gasteiger partial charge in [0.15, 0.2) is 5.65 Å². The third-order valence-electron chi connectivity index (χ3n) is 4.74. The van der Waals surface area contributed by atoms with Crippen LogP contribution in [0.15, 0.2) is 36.5 Å². The van der Waals surface area contributed by atoms with Crippen LogP contribution in [0.1, 0.15) is 25.7 Å². The van der Waals surface area contributed by atoms with Crippen molar-refractivity contribution in [2.45, 2.75) is 37.8 Å². The van der Waals surface area contributed by atoms with Gasteiger partial charge in [0.25, 0.3) is 0 Å². The van der Waals surface area contributed by atoms with E-state index in [2.05, 4.69) is 20.3 Å². The number of nitrogens with zero attached hydrogens (tertiary/aromatic N) is 3. The Morgan fingerprint density at radius 1 is 1.04 bits per heavy atom. The SMILES string of the molecule is Oc1nc2nc(N[C@H]3CC[C@H](O)CC3)ncc2cc1-c1ccccc1Cl. The minimum absolute atomic E-state index is 0.115. The van der Waals surface area contributed by atoms with Crippen LogP contribution in [0.25, 0.3) is 22.2 Å². The molecular weight excluding hydrogens is 352 g/mol. The molecule has 4 rings (SSSR count). The van der Waals surface area contributed by atoms with Crippen LogP contribution >= 0.6 is 11.6 Å². The molecule has 26 heavy (non-hydrogen) atoms. The molecule has 3 N–H and O–H groups in total. The molecule has 2 heterocycles. The number of halogens is 1. The molecule has 1 fully saturated rings. The zero-order valence-corrected chi connectivity index (χ0v) is 14.8. The summed E-state index contributed by atoms with van der Waals surface area (Å²) in [5.74, 6) is 0.368. The fourth-order valence-corrected chi connectivity index (χ4v) is 3.54. The number of pyridine rings is 1. The van der Waals surface area contributed by atoms with Crippen molar-refractivity contribution in [3.05, 3.63) is 41.6 Å². The molecular formula is C19H19ClN4O2. The number of nitrogens with one attached hydrogen (secondary N) is 1. The zero-order valence-electron chi connectivity index (χ0n) is 14.1. The summed E-state index contributed by atoms with van der Waals surface area (Å²) in [5, 5.41) is 24.5. The largest absolute Gasteiger partial charge is 0.493 e. The van der Waals surface area contributed by atoms with Crippen molar-refractivity contribution in [1.29, 1.82) is 0 Å². The molecule has 0 spiro atoms. The van der Waals surface area contributed by atoms with Crippen LogP contribution in [-0.2, 0) is 0 Å². The van der Waals surface area contributed by atoms with Gasteiger partial charge in [-0.1, -0.05) is 29.8 Å². The average molecular weight is 371 g/mol. The lowest BCUT2D eigenvalue weighted by molar-refractivity contribution is 0.126. The number of aliphatic hydroxyl groups excluding tert-OH is 1. The zero-order chi connectivity index (χ0) is 18.1. The van der Waals surface area contributed by atoms with Crippen molar-refractivity contribution in [1.82, 2.24) is 15.0 Å². The van der Waals surface area contributed by atoms with E-state index in [0.717, 1.165) is 31.1 Å². The highest BCUT2D eigenvalue weighted by Gasteiger charge is 2.20. The molecule has 6 nitrogen and oxygen atoms in total.